The molecule has 1 aromatic heterocycles. The van der Waals surface area contributed by atoms with Crippen molar-refractivity contribution in [3.63, 3.8) is 0 Å². The predicted octanol–water partition coefficient (Wildman–Crippen LogP) is 6.22. The van der Waals surface area contributed by atoms with Gasteiger partial charge in [-0.05, 0) is 54.9 Å². The molecule has 0 spiro atoms. The monoisotopic (exact) mass is 632 g/mol. The summed E-state index contributed by atoms with van der Waals surface area (Å²) in [6.45, 7) is 4.67. The minimum Gasteiger partial charge on any atom is -0.392 e. The van der Waals surface area contributed by atoms with E-state index in [2.05, 4.69) is 27.1 Å². The molecule has 0 saturated carbocycles. The van der Waals surface area contributed by atoms with Gasteiger partial charge in [-0.25, -0.2) is 4.98 Å². The van der Waals surface area contributed by atoms with E-state index in [0.29, 0.717) is 17.7 Å². The highest BCUT2D eigenvalue weighted by Gasteiger charge is 2.39. The highest BCUT2D eigenvalue weighted by molar-refractivity contribution is 6.03. The molecule has 6 rings (SSSR count). The number of benzene rings is 4. The number of rotatable bonds is 10. The Bertz CT molecular complexity index is 1780. The summed E-state index contributed by atoms with van der Waals surface area (Å²) in [5, 5.41) is 23.6. The molecule has 1 saturated heterocycles. The van der Waals surface area contributed by atoms with Crippen molar-refractivity contribution in [2.45, 2.75) is 51.1 Å². The summed E-state index contributed by atoms with van der Waals surface area (Å²) in [4.78, 5) is 23.9. The lowest BCUT2D eigenvalue weighted by atomic mass is 9.89. The van der Waals surface area contributed by atoms with E-state index in [1.807, 2.05) is 117 Å². The van der Waals surface area contributed by atoms with E-state index < -0.39 is 12.4 Å². The zero-order valence-corrected chi connectivity index (χ0v) is 26.7. The number of carbonyl (C=O) groups excluding carboxylic acids is 1. The highest BCUT2D eigenvalue weighted by Crippen LogP contribution is 2.42. The van der Waals surface area contributed by atoms with Crippen molar-refractivity contribution in [3.05, 3.63) is 137 Å². The van der Waals surface area contributed by atoms with Crippen LogP contribution in [-0.4, -0.2) is 56.7 Å². The second-order valence-electron chi connectivity index (χ2n) is 12.2. The van der Waals surface area contributed by atoms with Crippen LogP contribution in [0.15, 0.2) is 109 Å². The molecule has 2 heterocycles. The summed E-state index contributed by atoms with van der Waals surface area (Å²) in [5.74, 6) is -0.368. The molecule has 47 heavy (non-hydrogen) atoms. The molecule has 0 aliphatic carbocycles. The SMILES string of the molecule is C[C@H]1[C@@H](CN(C)[C@@H](C)[C@H](O)c2ccccc2)O[C@@H](c2ccc(NC(=O)c3cnc4ccccc4n3)cc2)O[C@H]1c1ccc(CO)cc1. The van der Waals surface area contributed by atoms with Crippen LogP contribution in [0.4, 0.5) is 5.69 Å². The van der Waals surface area contributed by atoms with Gasteiger partial charge in [-0.1, -0.05) is 85.8 Å². The third-order valence-electron chi connectivity index (χ3n) is 9.01. The fourth-order valence-corrected chi connectivity index (χ4v) is 5.93. The number of anilines is 1. The van der Waals surface area contributed by atoms with Crippen LogP contribution in [0, 0.1) is 5.92 Å². The first-order valence-corrected chi connectivity index (χ1v) is 15.9. The van der Waals surface area contributed by atoms with Crippen LogP contribution >= 0.6 is 0 Å². The van der Waals surface area contributed by atoms with Crippen LogP contribution in [0.5, 0.6) is 0 Å². The molecule has 5 aromatic rings. The Hall–Kier alpha value is -4.51. The maximum atomic E-state index is 13.0. The predicted molar refractivity (Wildman–Crippen MR) is 180 cm³/mol. The number of nitrogens with one attached hydrogen (secondary N) is 1. The number of hydrogen-bond donors (Lipinski definition) is 3. The van der Waals surface area contributed by atoms with E-state index in [1.54, 1.807) is 0 Å². The topological polar surface area (TPSA) is 117 Å². The number of aliphatic hydroxyl groups is 2. The van der Waals surface area contributed by atoms with Crippen LogP contribution in [0.1, 0.15) is 65.1 Å². The normalized spacial score (nSPS) is 21.0. The van der Waals surface area contributed by atoms with Gasteiger partial charge >= 0.3 is 0 Å². The van der Waals surface area contributed by atoms with Crippen molar-refractivity contribution >= 4 is 22.6 Å². The summed E-state index contributed by atoms with van der Waals surface area (Å²) >= 11 is 0. The number of ether oxygens (including phenoxy) is 2. The first-order chi connectivity index (χ1) is 22.8. The third kappa shape index (κ3) is 7.40. The quantitative estimate of drug-likeness (QED) is 0.166. The second-order valence-corrected chi connectivity index (χ2v) is 12.2. The summed E-state index contributed by atoms with van der Waals surface area (Å²) in [5.41, 5.74) is 5.72. The number of likely N-dealkylation sites (N-methyl/N-ethyl adjacent to an activating group) is 1. The van der Waals surface area contributed by atoms with Crippen molar-refractivity contribution in [3.8, 4) is 0 Å². The van der Waals surface area contributed by atoms with Crippen molar-refractivity contribution < 1.29 is 24.5 Å². The van der Waals surface area contributed by atoms with Crippen molar-refractivity contribution in [1.82, 2.24) is 14.9 Å². The van der Waals surface area contributed by atoms with Crippen LogP contribution in [0.25, 0.3) is 11.0 Å². The molecule has 0 unspecified atom stereocenters. The molecule has 0 radical (unpaired) electrons. The molecule has 1 aliphatic heterocycles. The van der Waals surface area contributed by atoms with Crippen molar-refractivity contribution in [1.29, 1.82) is 0 Å². The minimum atomic E-state index is -0.669. The summed E-state index contributed by atoms with van der Waals surface area (Å²) < 4.78 is 13.2. The van der Waals surface area contributed by atoms with Crippen LogP contribution in [-0.2, 0) is 16.1 Å². The minimum absolute atomic E-state index is 0.0173. The number of amides is 1. The Balaban J connectivity index is 1.20. The molecule has 1 fully saturated rings. The Morgan fingerprint density at radius 3 is 2.26 bits per heavy atom. The number of aromatic nitrogens is 2. The Kier molecular flexibility index (Phi) is 10.0. The number of carbonyl (C=O) groups is 1. The van der Waals surface area contributed by atoms with Gasteiger partial charge in [-0.15, -0.1) is 0 Å². The van der Waals surface area contributed by atoms with E-state index in [-0.39, 0.29) is 42.4 Å². The Morgan fingerprint density at radius 2 is 1.55 bits per heavy atom. The number of aliphatic hydroxyl groups excluding tert-OH is 2. The smallest absolute Gasteiger partial charge is 0.275 e. The maximum Gasteiger partial charge on any atom is 0.275 e. The molecular formula is C38H40N4O5. The van der Waals surface area contributed by atoms with Crippen molar-refractivity contribution in [2.75, 3.05) is 18.9 Å². The van der Waals surface area contributed by atoms with E-state index in [1.165, 1.54) is 6.20 Å². The van der Waals surface area contributed by atoms with E-state index >= 15 is 0 Å². The zero-order chi connectivity index (χ0) is 32.9. The first kappa shape index (κ1) is 32.4. The first-order valence-electron chi connectivity index (χ1n) is 15.9. The van der Waals surface area contributed by atoms with E-state index in [0.717, 1.165) is 27.8 Å². The molecule has 242 valence electrons. The largest absolute Gasteiger partial charge is 0.392 e. The molecule has 0 bridgehead atoms. The van der Waals surface area contributed by atoms with Gasteiger partial charge in [0.15, 0.2) is 6.29 Å². The van der Waals surface area contributed by atoms with E-state index in [4.69, 9.17) is 9.47 Å². The molecule has 6 atom stereocenters. The number of nitrogens with zero attached hydrogens (tertiary/aromatic N) is 3. The summed E-state index contributed by atoms with van der Waals surface area (Å²) in [6, 6.07) is 32.1. The zero-order valence-electron chi connectivity index (χ0n) is 26.7. The molecule has 1 aliphatic rings. The van der Waals surface area contributed by atoms with Crippen LogP contribution in [0.2, 0.25) is 0 Å². The molecule has 1 amide bonds. The maximum absolute atomic E-state index is 13.0. The molecule has 4 aromatic carbocycles. The Morgan fingerprint density at radius 1 is 0.894 bits per heavy atom. The molecule has 9 nitrogen and oxygen atoms in total. The Labute approximate surface area is 274 Å². The van der Waals surface area contributed by atoms with Gasteiger partial charge in [0.25, 0.3) is 5.91 Å². The van der Waals surface area contributed by atoms with Gasteiger partial charge in [0, 0.05) is 29.8 Å². The third-order valence-corrected chi connectivity index (χ3v) is 9.01. The fraction of sp³-hybridized carbons (Fsp3) is 0.289. The molecular weight excluding hydrogens is 592 g/mol. The van der Waals surface area contributed by atoms with Crippen LogP contribution in [0.3, 0.4) is 0 Å². The van der Waals surface area contributed by atoms with Gasteiger partial charge < -0.3 is 25.0 Å². The van der Waals surface area contributed by atoms with Gasteiger partial charge in [-0.2, -0.15) is 0 Å². The lowest BCUT2D eigenvalue weighted by Crippen LogP contribution is -2.46. The van der Waals surface area contributed by atoms with Gasteiger partial charge in [-0.3, -0.25) is 14.7 Å². The number of para-hydroxylation sites is 2. The van der Waals surface area contributed by atoms with Crippen molar-refractivity contribution in [2.24, 2.45) is 5.92 Å². The van der Waals surface area contributed by atoms with Gasteiger partial charge in [0.1, 0.15) is 5.69 Å². The standard InChI is InChI=1S/C38H40N4O5/c1-24-34(22-42(3)25(2)35(44)27-9-5-4-6-10-27)46-38(47-36(24)28-15-13-26(23-43)14-16-28)29-17-19-30(20-18-29)40-37(45)33-21-39-31-11-7-8-12-32(31)41-33/h4-21,24-25,34-36,38,43-44H,22-23H2,1-3H3,(H,40,45)/t24-,25-,34+,35-,36+,38+/m0/s1. The summed E-state index contributed by atoms with van der Waals surface area (Å²) in [6.07, 6.45) is -0.353. The second kappa shape index (κ2) is 14.5. The molecule has 9 heteroatoms. The summed E-state index contributed by atoms with van der Waals surface area (Å²) in [7, 11) is 2.00. The van der Waals surface area contributed by atoms with E-state index in [9.17, 15) is 15.0 Å². The average molecular weight is 633 g/mol. The lowest BCUT2D eigenvalue weighted by molar-refractivity contribution is -0.276. The highest BCUT2D eigenvalue weighted by atomic mass is 16.7. The fourth-order valence-electron chi connectivity index (χ4n) is 5.93. The van der Waals surface area contributed by atoms with Gasteiger partial charge in [0.05, 0.1) is 42.1 Å². The number of fused-ring (bicyclic) bond motifs is 1. The molecule has 3 N–H and O–H groups in total. The number of hydrogen-bond acceptors (Lipinski definition) is 8. The van der Waals surface area contributed by atoms with Crippen LogP contribution < -0.4 is 5.32 Å². The van der Waals surface area contributed by atoms with Gasteiger partial charge in [0.2, 0.25) is 0 Å². The lowest BCUT2D eigenvalue weighted by Gasteiger charge is -2.43. The average Bonchev–Trinajstić information content (AvgIpc) is 3.12.